The Morgan fingerprint density at radius 2 is 1.58 bits per heavy atom. The Hall–Kier alpha value is -2.36. The van der Waals surface area contributed by atoms with Gasteiger partial charge < -0.3 is 14.5 Å². The number of nitrogens with zero attached hydrogens (tertiary/aromatic N) is 7. The molecule has 0 radical (unpaired) electrons. The molecule has 0 spiro atoms. The minimum Gasteiger partial charge on any atom is -0.378 e. The van der Waals surface area contributed by atoms with Gasteiger partial charge in [0.25, 0.3) is 0 Å². The summed E-state index contributed by atoms with van der Waals surface area (Å²) in [6.45, 7) is 9.30. The first-order valence-electron chi connectivity index (χ1n) is 11.4. The van der Waals surface area contributed by atoms with Crippen LogP contribution in [0.5, 0.6) is 0 Å². The maximum atomic E-state index is 12.4. The molecule has 0 N–H and O–H groups in total. The van der Waals surface area contributed by atoms with Crippen LogP contribution in [0.25, 0.3) is 11.4 Å². The summed E-state index contributed by atoms with van der Waals surface area (Å²) in [5.74, 6) is 0.930. The van der Waals surface area contributed by atoms with E-state index in [1.165, 1.54) is 6.42 Å². The average molecular weight is 428 g/mol. The highest BCUT2D eigenvalue weighted by molar-refractivity contribution is 5.78. The van der Waals surface area contributed by atoms with Gasteiger partial charge in [-0.1, -0.05) is 36.8 Å². The van der Waals surface area contributed by atoms with Crippen molar-refractivity contribution >= 4 is 5.91 Å². The lowest BCUT2D eigenvalue weighted by Gasteiger charge is -2.36. The molecule has 2 aliphatic heterocycles. The predicted molar refractivity (Wildman–Crippen MR) is 117 cm³/mol. The summed E-state index contributed by atoms with van der Waals surface area (Å²) in [4.78, 5) is 20.8. The Balaban J connectivity index is 1.07. The highest BCUT2D eigenvalue weighted by Gasteiger charge is 2.22. The summed E-state index contributed by atoms with van der Waals surface area (Å²) < 4.78 is 5.33. The topological polar surface area (TPSA) is 79.6 Å². The normalized spacial score (nSPS) is 18.4. The number of carbonyl (C=O) groups excluding carboxylic acids is 1. The molecule has 2 aromatic rings. The summed E-state index contributed by atoms with van der Waals surface area (Å²) in [6, 6.07) is 9.95. The highest BCUT2D eigenvalue weighted by Crippen LogP contribution is 2.12. The van der Waals surface area contributed by atoms with Crippen LogP contribution in [0.4, 0.5) is 0 Å². The number of carbonyl (C=O) groups is 1. The van der Waals surface area contributed by atoms with E-state index >= 15 is 0 Å². The number of tetrazole rings is 1. The van der Waals surface area contributed by atoms with Crippen molar-refractivity contribution in [3.8, 4) is 11.4 Å². The maximum absolute atomic E-state index is 12.4. The van der Waals surface area contributed by atoms with Gasteiger partial charge in [-0.3, -0.25) is 9.69 Å². The molecule has 1 amide bonds. The molecule has 0 saturated carbocycles. The van der Waals surface area contributed by atoms with Gasteiger partial charge in [0.15, 0.2) is 0 Å². The summed E-state index contributed by atoms with van der Waals surface area (Å²) in [6.07, 6.45) is 3.38. The van der Waals surface area contributed by atoms with Gasteiger partial charge in [-0.05, 0) is 24.6 Å². The Labute approximate surface area is 183 Å². The Morgan fingerprint density at radius 1 is 0.871 bits per heavy atom. The van der Waals surface area contributed by atoms with Crippen LogP contribution in [0.15, 0.2) is 30.3 Å². The van der Waals surface area contributed by atoms with E-state index in [0.717, 1.165) is 70.8 Å². The molecule has 31 heavy (non-hydrogen) atoms. The van der Waals surface area contributed by atoms with Gasteiger partial charge in [0.1, 0.15) is 0 Å². The number of piperazine rings is 1. The van der Waals surface area contributed by atoms with Crippen molar-refractivity contribution in [3.05, 3.63) is 30.3 Å². The quantitative estimate of drug-likeness (QED) is 0.552. The zero-order valence-electron chi connectivity index (χ0n) is 18.2. The summed E-state index contributed by atoms with van der Waals surface area (Å²) >= 11 is 0. The van der Waals surface area contributed by atoms with Crippen LogP contribution in [0.3, 0.4) is 0 Å². The summed E-state index contributed by atoms with van der Waals surface area (Å²) in [5, 5.41) is 12.8. The van der Waals surface area contributed by atoms with E-state index in [4.69, 9.17) is 4.74 Å². The number of morpholine rings is 1. The number of hydrogen-bond donors (Lipinski definition) is 0. The highest BCUT2D eigenvalue weighted by atomic mass is 16.5. The minimum absolute atomic E-state index is 0.244. The largest absolute Gasteiger partial charge is 0.378 e. The second-order valence-electron chi connectivity index (χ2n) is 8.25. The van der Waals surface area contributed by atoms with E-state index < -0.39 is 0 Å². The number of aryl methyl sites for hydroxylation is 1. The van der Waals surface area contributed by atoms with Gasteiger partial charge in [-0.2, -0.15) is 4.80 Å². The lowest BCUT2D eigenvalue weighted by atomic mass is 10.2. The van der Waals surface area contributed by atoms with Gasteiger partial charge in [0, 0.05) is 44.8 Å². The van der Waals surface area contributed by atoms with Crippen LogP contribution < -0.4 is 0 Å². The maximum Gasteiger partial charge on any atom is 0.236 e. The van der Waals surface area contributed by atoms with Crippen LogP contribution in [0.1, 0.15) is 19.3 Å². The second-order valence-corrected chi connectivity index (χ2v) is 8.25. The van der Waals surface area contributed by atoms with E-state index in [-0.39, 0.29) is 5.91 Å². The van der Waals surface area contributed by atoms with E-state index in [1.54, 1.807) is 4.80 Å². The van der Waals surface area contributed by atoms with E-state index in [0.29, 0.717) is 25.6 Å². The van der Waals surface area contributed by atoms with Gasteiger partial charge in [0.2, 0.25) is 11.7 Å². The molecule has 9 nitrogen and oxygen atoms in total. The fourth-order valence-electron chi connectivity index (χ4n) is 4.08. The molecule has 4 rings (SSSR count). The zero-order chi connectivity index (χ0) is 21.3. The monoisotopic (exact) mass is 427 g/mol. The first-order chi connectivity index (χ1) is 15.3. The molecule has 1 aromatic heterocycles. The third kappa shape index (κ3) is 6.56. The van der Waals surface area contributed by atoms with Gasteiger partial charge in [-0.15, -0.1) is 10.2 Å². The van der Waals surface area contributed by atoms with Gasteiger partial charge in [0.05, 0.1) is 26.3 Å². The van der Waals surface area contributed by atoms with Crippen molar-refractivity contribution in [1.82, 2.24) is 34.9 Å². The molecule has 2 fully saturated rings. The Kier molecular flexibility index (Phi) is 7.98. The molecular formula is C22H33N7O2. The second kappa shape index (κ2) is 11.3. The fourth-order valence-corrected chi connectivity index (χ4v) is 4.08. The molecule has 9 heteroatoms. The standard InChI is InChI=1S/C22H33N7O2/c30-21(28-15-17-31-18-16-28)19-27-13-11-26(12-14-27)9-5-2-6-10-29-24-22(23-25-29)20-7-3-1-4-8-20/h1,3-4,7-8H,2,5-6,9-19H2. The molecule has 0 bridgehead atoms. The Morgan fingerprint density at radius 3 is 2.35 bits per heavy atom. The first kappa shape index (κ1) is 21.9. The molecule has 0 atom stereocenters. The van der Waals surface area contributed by atoms with Crippen molar-refractivity contribution in [1.29, 1.82) is 0 Å². The van der Waals surface area contributed by atoms with Crippen LogP contribution in [-0.4, -0.2) is 106 Å². The van der Waals surface area contributed by atoms with Crippen molar-refractivity contribution < 1.29 is 9.53 Å². The number of rotatable bonds is 9. The average Bonchev–Trinajstić information content (AvgIpc) is 3.30. The van der Waals surface area contributed by atoms with Crippen molar-refractivity contribution in [2.45, 2.75) is 25.8 Å². The number of unbranched alkanes of at least 4 members (excludes halogenated alkanes) is 2. The molecule has 3 heterocycles. The molecule has 0 unspecified atom stereocenters. The van der Waals surface area contributed by atoms with Gasteiger partial charge >= 0.3 is 0 Å². The van der Waals surface area contributed by atoms with E-state index in [1.807, 2.05) is 35.2 Å². The third-order valence-corrected chi connectivity index (χ3v) is 6.00. The lowest BCUT2D eigenvalue weighted by molar-refractivity contribution is -0.136. The van der Waals surface area contributed by atoms with Crippen molar-refractivity contribution in [2.24, 2.45) is 0 Å². The van der Waals surface area contributed by atoms with E-state index in [2.05, 4.69) is 25.2 Å². The molecular weight excluding hydrogens is 394 g/mol. The molecule has 2 saturated heterocycles. The number of aromatic nitrogens is 4. The summed E-state index contributed by atoms with van der Waals surface area (Å²) in [7, 11) is 0. The fraction of sp³-hybridized carbons (Fsp3) is 0.636. The molecule has 0 aliphatic carbocycles. The number of hydrogen-bond acceptors (Lipinski definition) is 7. The number of ether oxygens (including phenoxy) is 1. The van der Waals surface area contributed by atoms with Crippen molar-refractivity contribution in [3.63, 3.8) is 0 Å². The third-order valence-electron chi connectivity index (χ3n) is 6.00. The molecule has 2 aliphatic rings. The molecule has 168 valence electrons. The van der Waals surface area contributed by atoms with Crippen LogP contribution in [-0.2, 0) is 16.1 Å². The summed E-state index contributed by atoms with van der Waals surface area (Å²) in [5.41, 5.74) is 1.000. The zero-order valence-corrected chi connectivity index (χ0v) is 18.2. The number of benzene rings is 1. The van der Waals surface area contributed by atoms with E-state index in [9.17, 15) is 4.79 Å². The van der Waals surface area contributed by atoms with Crippen LogP contribution in [0, 0.1) is 0 Å². The van der Waals surface area contributed by atoms with Crippen molar-refractivity contribution in [2.75, 3.05) is 65.6 Å². The van der Waals surface area contributed by atoms with Crippen LogP contribution >= 0.6 is 0 Å². The lowest BCUT2D eigenvalue weighted by Crippen LogP contribution is -2.51. The SMILES string of the molecule is O=C(CN1CCN(CCCCCn2nnc(-c3ccccc3)n2)CC1)N1CCOCC1. The smallest absolute Gasteiger partial charge is 0.236 e. The minimum atomic E-state index is 0.244. The van der Waals surface area contributed by atoms with Crippen LogP contribution in [0.2, 0.25) is 0 Å². The Bertz CT molecular complexity index is 799. The van der Waals surface area contributed by atoms with Gasteiger partial charge in [-0.25, -0.2) is 0 Å². The predicted octanol–water partition coefficient (Wildman–Crippen LogP) is 0.987. The number of amides is 1. The molecule has 1 aromatic carbocycles. The first-order valence-corrected chi connectivity index (χ1v) is 11.4.